The topological polar surface area (TPSA) is 37.3 Å². The van der Waals surface area contributed by atoms with E-state index in [1.165, 1.54) is 33.8 Å². The first-order chi connectivity index (χ1) is 16.6. The molecule has 0 fully saturated rings. The number of fused-ring (bicyclic) bond motifs is 5. The van der Waals surface area contributed by atoms with Gasteiger partial charge in [0.1, 0.15) is 5.00 Å². The number of carbonyl (C=O) groups is 1. The van der Waals surface area contributed by atoms with Crippen LogP contribution in [0.25, 0.3) is 5.00 Å². The van der Waals surface area contributed by atoms with Crippen molar-refractivity contribution in [2.24, 2.45) is 0 Å². The van der Waals surface area contributed by atoms with Crippen molar-refractivity contribution in [3.8, 4) is 5.00 Å². The van der Waals surface area contributed by atoms with E-state index in [1.54, 1.807) is 0 Å². The molecular formula is C28H26ClN3OS. The summed E-state index contributed by atoms with van der Waals surface area (Å²) in [5.74, 6) is 0. The normalized spacial score (nSPS) is 16.9. The van der Waals surface area contributed by atoms with Gasteiger partial charge in [0.05, 0.1) is 18.3 Å². The third-order valence-corrected chi connectivity index (χ3v) is 8.81. The summed E-state index contributed by atoms with van der Waals surface area (Å²) in [7, 11) is 0. The van der Waals surface area contributed by atoms with Gasteiger partial charge in [-0.3, -0.25) is 0 Å². The molecule has 6 rings (SSSR count). The largest absolute Gasteiger partial charge is 0.322 e. The zero-order chi connectivity index (χ0) is 23.2. The molecule has 0 bridgehead atoms. The molecule has 2 aromatic heterocycles. The Labute approximate surface area is 208 Å². The highest BCUT2D eigenvalue weighted by atomic mass is 35.5. The smallest absolute Gasteiger partial charge is 0.310 e. The average Bonchev–Trinajstić information content (AvgIpc) is 3.44. The summed E-state index contributed by atoms with van der Waals surface area (Å²) in [6.45, 7) is 2.52. The first-order valence-electron chi connectivity index (χ1n) is 11.8. The molecule has 1 N–H and O–H groups in total. The lowest BCUT2D eigenvalue weighted by atomic mass is 9.95. The fourth-order valence-electron chi connectivity index (χ4n) is 5.30. The van der Waals surface area contributed by atoms with Crippen LogP contribution in [-0.4, -0.2) is 15.5 Å². The molecular weight excluding hydrogens is 462 g/mol. The van der Waals surface area contributed by atoms with Crippen LogP contribution in [0.3, 0.4) is 0 Å². The molecule has 0 spiro atoms. The molecule has 34 heavy (non-hydrogen) atoms. The number of amides is 2. The average molecular weight is 488 g/mol. The van der Waals surface area contributed by atoms with Crippen LogP contribution in [0, 0.1) is 6.92 Å². The SMILES string of the molecule is Cc1c(Cl)cccc1NC(=O)N1Cc2c(sc3c2CCCC3)-n2cccc2[C@H]1c1ccccc1. The summed E-state index contributed by atoms with van der Waals surface area (Å²) < 4.78 is 2.31. The monoisotopic (exact) mass is 487 g/mol. The van der Waals surface area contributed by atoms with Gasteiger partial charge in [0, 0.05) is 27.3 Å². The first-order valence-corrected chi connectivity index (χ1v) is 13.0. The van der Waals surface area contributed by atoms with Crippen LogP contribution in [-0.2, 0) is 19.4 Å². The quantitative estimate of drug-likeness (QED) is 0.312. The Morgan fingerprint density at radius 1 is 1.00 bits per heavy atom. The fraction of sp³-hybridized carbons (Fsp3) is 0.250. The maximum atomic E-state index is 14.0. The van der Waals surface area contributed by atoms with Gasteiger partial charge in [-0.2, -0.15) is 0 Å². The minimum Gasteiger partial charge on any atom is -0.310 e. The molecule has 4 nitrogen and oxygen atoms in total. The van der Waals surface area contributed by atoms with Gasteiger partial charge < -0.3 is 14.8 Å². The highest BCUT2D eigenvalue weighted by Crippen LogP contribution is 2.44. The Kier molecular flexibility index (Phi) is 5.47. The van der Waals surface area contributed by atoms with E-state index in [4.69, 9.17) is 11.6 Å². The number of aryl methyl sites for hydroxylation is 1. The van der Waals surface area contributed by atoms with Crippen LogP contribution >= 0.6 is 22.9 Å². The van der Waals surface area contributed by atoms with Crippen molar-refractivity contribution in [2.45, 2.75) is 45.2 Å². The van der Waals surface area contributed by atoms with Crippen molar-refractivity contribution in [1.82, 2.24) is 9.47 Å². The number of urea groups is 1. The van der Waals surface area contributed by atoms with E-state index >= 15 is 0 Å². The number of thiophene rings is 1. The molecule has 2 aliphatic rings. The summed E-state index contributed by atoms with van der Waals surface area (Å²) in [6, 6.07) is 19.9. The van der Waals surface area contributed by atoms with E-state index in [0.717, 1.165) is 35.3 Å². The first kappa shape index (κ1) is 21.5. The third-order valence-electron chi connectivity index (χ3n) is 7.06. The van der Waals surface area contributed by atoms with Gasteiger partial charge in [-0.05, 0) is 73.6 Å². The number of benzene rings is 2. The number of anilines is 1. The van der Waals surface area contributed by atoms with E-state index in [9.17, 15) is 4.79 Å². The highest BCUT2D eigenvalue weighted by molar-refractivity contribution is 7.15. The summed E-state index contributed by atoms with van der Waals surface area (Å²) >= 11 is 8.26. The van der Waals surface area contributed by atoms with Crippen molar-refractivity contribution in [2.75, 3.05) is 5.32 Å². The van der Waals surface area contributed by atoms with E-state index in [1.807, 2.05) is 59.6 Å². The molecule has 3 heterocycles. The van der Waals surface area contributed by atoms with Gasteiger partial charge in [0.15, 0.2) is 0 Å². The fourth-order valence-corrected chi connectivity index (χ4v) is 6.88. The van der Waals surface area contributed by atoms with Gasteiger partial charge in [-0.25, -0.2) is 4.79 Å². The maximum Gasteiger partial charge on any atom is 0.322 e. The van der Waals surface area contributed by atoms with Crippen molar-refractivity contribution in [3.63, 3.8) is 0 Å². The molecule has 4 aromatic rings. The second-order valence-corrected chi connectivity index (χ2v) is 10.6. The lowest BCUT2D eigenvalue weighted by Gasteiger charge is -2.31. The lowest BCUT2D eigenvalue weighted by Crippen LogP contribution is -2.38. The van der Waals surface area contributed by atoms with Crippen LogP contribution in [0.2, 0.25) is 5.02 Å². The number of nitrogens with one attached hydrogen (secondary N) is 1. The Hall–Kier alpha value is -3.02. The summed E-state index contributed by atoms with van der Waals surface area (Å²) in [5.41, 5.74) is 6.59. The van der Waals surface area contributed by atoms with Gasteiger partial charge in [-0.1, -0.05) is 48.0 Å². The van der Waals surface area contributed by atoms with Crippen LogP contribution in [0.5, 0.6) is 0 Å². The molecule has 6 heteroatoms. The predicted molar refractivity (Wildman–Crippen MR) is 139 cm³/mol. The minimum atomic E-state index is -0.200. The maximum absolute atomic E-state index is 14.0. The van der Waals surface area contributed by atoms with Crippen molar-refractivity contribution in [1.29, 1.82) is 0 Å². The minimum absolute atomic E-state index is 0.115. The standard InChI is InChI=1S/C28H26ClN3OS/c1-18-22(29)12-7-13-23(18)30-28(33)32-17-21-20-11-5-6-15-25(20)34-27(21)31-16-8-14-24(31)26(32)19-9-3-2-4-10-19/h2-4,7-10,12-14,16,26H,5-6,11,15,17H2,1H3,(H,30,33)/t26-/m1/s1. The Balaban J connectivity index is 1.50. The van der Waals surface area contributed by atoms with Crippen LogP contribution in [0.1, 0.15) is 51.7 Å². The number of carbonyl (C=O) groups excluding carboxylic acids is 1. The second kappa shape index (κ2) is 8.64. The van der Waals surface area contributed by atoms with Crippen molar-refractivity contribution >= 4 is 34.7 Å². The van der Waals surface area contributed by atoms with Gasteiger partial charge in [-0.15, -0.1) is 11.3 Å². The number of rotatable bonds is 2. The highest BCUT2D eigenvalue weighted by Gasteiger charge is 2.36. The van der Waals surface area contributed by atoms with Crippen LogP contribution in [0.15, 0.2) is 66.9 Å². The number of hydrogen-bond donors (Lipinski definition) is 1. The molecule has 0 unspecified atom stereocenters. The lowest BCUT2D eigenvalue weighted by molar-refractivity contribution is 0.194. The van der Waals surface area contributed by atoms with E-state index in [2.05, 4.69) is 40.3 Å². The summed E-state index contributed by atoms with van der Waals surface area (Å²) in [5, 5.41) is 5.09. The number of nitrogens with zero attached hydrogens (tertiary/aromatic N) is 2. The van der Waals surface area contributed by atoms with Crippen molar-refractivity contribution < 1.29 is 4.79 Å². The number of aromatic nitrogens is 1. The Morgan fingerprint density at radius 2 is 1.82 bits per heavy atom. The van der Waals surface area contributed by atoms with Gasteiger partial charge in [0.25, 0.3) is 0 Å². The number of halogens is 1. The molecule has 1 aliphatic carbocycles. The zero-order valence-corrected chi connectivity index (χ0v) is 20.6. The van der Waals surface area contributed by atoms with Gasteiger partial charge >= 0.3 is 6.03 Å². The van der Waals surface area contributed by atoms with E-state index in [0.29, 0.717) is 11.6 Å². The Morgan fingerprint density at radius 3 is 2.68 bits per heavy atom. The van der Waals surface area contributed by atoms with Crippen molar-refractivity contribution in [3.05, 3.63) is 105 Å². The molecule has 0 saturated carbocycles. The molecule has 172 valence electrons. The molecule has 0 saturated heterocycles. The van der Waals surface area contributed by atoms with Crippen LogP contribution in [0.4, 0.5) is 10.5 Å². The van der Waals surface area contributed by atoms with E-state index < -0.39 is 0 Å². The van der Waals surface area contributed by atoms with Crippen LogP contribution < -0.4 is 5.32 Å². The number of hydrogen-bond acceptors (Lipinski definition) is 2. The molecule has 2 aromatic carbocycles. The molecule has 0 radical (unpaired) electrons. The zero-order valence-electron chi connectivity index (χ0n) is 19.1. The predicted octanol–water partition coefficient (Wildman–Crippen LogP) is 7.52. The molecule has 1 atom stereocenters. The summed E-state index contributed by atoms with van der Waals surface area (Å²) in [6.07, 6.45) is 6.84. The van der Waals surface area contributed by atoms with Gasteiger partial charge in [0.2, 0.25) is 0 Å². The molecule has 2 amide bonds. The second-order valence-electron chi connectivity index (χ2n) is 9.08. The summed E-state index contributed by atoms with van der Waals surface area (Å²) in [4.78, 5) is 17.4. The van der Waals surface area contributed by atoms with E-state index in [-0.39, 0.29) is 12.1 Å². The Bertz CT molecular complexity index is 1370. The third kappa shape index (κ3) is 3.55. The molecule has 1 aliphatic heterocycles.